The molecule has 0 atom stereocenters. The van der Waals surface area contributed by atoms with Gasteiger partial charge in [-0.2, -0.15) is 0 Å². The van der Waals surface area contributed by atoms with Crippen molar-refractivity contribution in [2.24, 2.45) is 0 Å². The van der Waals surface area contributed by atoms with Crippen LogP contribution in [0.5, 0.6) is 0 Å². The molecule has 0 amide bonds. The molecule has 0 heterocycles. The largest absolute Gasteiger partial charge is 0 e. The van der Waals surface area contributed by atoms with E-state index in [-0.39, 0.29) is 59.0 Å². The molecule has 28 valence electrons. The van der Waals surface area contributed by atoms with Gasteiger partial charge in [0.25, 0.3) is 0 Å². The van der Waals surface area contributed by atoms with Crippen molar-refractivity contribution in [3.8, 4) is 0 Å². The van der Waals surface area contributed by atoms with Crippen LogP contribution in [0.25, 0.3) is 0 Å². The quantitative estimate of drug-likeness (QED) is 0.446. The molecule has 0 fully saturated rings. The monoisotopic (exact) mass is 180 g/mol. The van der Waals surface area contributed by atoms with E-state index in [1.165, 1.54) is 0 Å². The van der Waals surface area contributed by atoms with Crippen LogP contribution in [-0.4, -0.2) is 8.41 Å². The van der Waals surface area contributed by atoms with E-state index in [1.54, 1.807) is 0 Å². The van der Waals surface area contributed by atoms with E-state index < -0.39 is 0 Å². The first-order valence-electron chi connectivity index (χ1n) is 0. The molecule has 0 aromatic carbocycles. The first-order chi connectivity index (χ1) is 0. The topological polar surface area (TPSA) is 0 Å². The molecule has 0 aromatic rings. The van der Waals surface area contributed by atoms with Crippen molar-refractivity contribution in [2.45, 2.75) is 0 Å². The van der Waals surface area contributed by atoms with Crippen molar-refractivity contribution >= 4 is 8.41 Å². The fourth-order valence-corrected chi connectivity index (χ4v) is 0. The average molecular weight is 180 g/mol. The average Bonchev–Trinajstić information content (AvgIpc) is 0. The molecule has 0 spiro atoms. The summed E-state index contributed by atoms with van der Waals surface area (Å²) >= 11 is 0. The normalized spacial score (nSPS) is 0. The SMILES string of the molecule is [B].[Fe].[Mn].[Ni]. The first-order valence-corrected chi connectivity index (χ1v) is 0. The Balaban J connectivity index is 0. The van der Waals surface area contributed by atoms with Crippen molar-refractivity contribution in [1.29, 1.82) is 0 Å². The third-order valence-electron chi connectivity index (χ3n) is 0. The standard InChI is InChI=1S/B.Fe.Mn.Ni. The Bertz CT molecular complexity index is 8.00. The molecule has 0 nitrogen and oxygen atoms in total. The molecular weight excluding hydrogens is 180 g/mol. The number of hydrogen-bond acceptors (Lipinski definition) is 0. The summed E-state index contributed by atoms with van der Waals surface area (Å²) in [4.78, 5) is 0. The zero-order valence-corrected chi connectivity index (χ0v) is 4.90. The molecule has 0 aromatic heterocycles. The van der Waals surface area contributed by atoms with Crippen molar-refractivity contribution in [3.05, 3.63) is 0 Å². The Morgan fingerprint density at radius 3 is 1.00 bits per heavy atom. The molecule has 0 saturated heterocycles. The molecule has 4 heteroatoms. The van der Waals surface area contributed by atoms with Gasteiger partial charge in [0.1, 0.15) is 0 Å². The van der Waals surface area contributed by atoms with E-state index >= 15 is 0 Å². The van der Waals surface area contributed by atoms with Crippen LogP contribution in [0.15, 0.2) is 0 Å². The van der Waals surface area contributed by atoms with Gasteiger partial charge in [-0.3, -0.25) is 0 Å². The van der Waals surface area contributed by atoms with Crippen LogP contribution in [0.2, 0.25) is 0 Å². The van der Waals surface area contributed by atoms with Crippen LogP contribution >= 0.6 is 0 Å². The van der Waals surface area contributed by atoms with E-state index in [1.807, 2.05) is 0 Å². The molecule has 0 rings (SSSR count). The molecule has 0 N–H and O–H groups in total. The van der Waals surface area contributed by atoms with E-state index in [4.69, 9.17) is 0 Å². The van der Waals surface area contributed by atoms with Gasteiger partial charge < -0.3 is 0 Å². The van der Waals surface area contributed by atoms with Gasteiger partial charge in [-0.15, -0.1) is 0 Å². The van der Waals surface area contributed by atoms with E-state index in [9.17, 15) is 0 Å². The fraction of sp³-hybridized carbons (Fsp3) is 0. The van der Waals surface area contributed by atoms with Gasteiger partial charge in [0.05, 0.1) is 0 Å². The molecule has 4 heavy (non-hydrogen) atoms. The van der Waals surface area contributed by atoms with Crippen LogP contribution in [0.1, 0.15) is 0 Å². The van der Waals surface area contributed by atoms with Gasteiger partial charge >= 0.3 is 0 Å². The molecule has 4 radical (unpaired) electrons. The van der Waals surface area contributed by atoms with Crippen molar-refractivity contribution in [3.63, 3.8) is 0 Å². The summed E-state index contributed by atoms with van der Waals surface area (Å²) in [6.07, 6.45) is 0. The fourth-order valence-electron chi connectivity index (χ4n) is 0. The Kier molecular flexibility index (Phi) is 270. The maximum absolute atomic E-state index is 0. The molecule has 0 aliphatic carbocycles. The minimum absolute atomic E-state index is 0. The van der Waals surface area contributed by atoms with Crippen LogP contribution in [-0.2, 0) is 50.6 Å². The predicted octanol–water partition coefficient (Wildman–Crippen LogP) is -0.388. The Morgan fingerprint density at radius 2 is 1.00 bits per heavy atom. The van der Waals surface area contributed by atoms with Gasteiger partial charge in [0, 0.05) is 59.0 Å². The summed E-state index contributed by atoms with van der Waals surface area (Å²) in [7, 11) is 0. The third kappa shape index (κ3) is 9.51. The van der Waals surface area contributed by atoms with Crippen LogP contribution in [0.4, 0.5) is 0 Å². The maximum Gasteiger partial charge on any atom is 0 e. The van der Waals surface area contributed by atoms with Crippen molar-refractivity contribution in [1.82, 2.24) is 0 Å². The van der Waals surface area contributed by atoms with Gasteiger partial charge in [-0.05, 0) is 0 Å². The molecular formula is BFeMnNi. The summed E-state index contributed by atoms with van der Waals surface area (Å²) in [6, 6.07) is 0. The van der Waals surface area contributed by atoms with E-state index in [0.717, 1.165) is 0 Å². The molecule has 0 aliphatic rings. The van der Waals surface area contributed by atoms with Gasteiger partial charge in [0.15, 0.2) is 0 Å². The minimum Gasteiger partial charge on any atom is 0 e. The summed E-state index contributed by atoms with van der Waals surface area (Å²) < 4.78 is 0. The maximum atomic E-state index is 0. The van der Waals surface area contributed by atoms with E-state index in [2.05, 4.69) is 0 Å². The summed E-state index contributed by atoms with van der Waals surface area (Å²) in [6.45, 7) is 0. The molecule has 0 aliphatic heterocycles. The number of hydrogen-bond donors (Lipinski definition) is 0. The number of rotatable bonds is 0. The summed E-state index contributed by atoms with van der Waals surface area (Å²) in [5, 5.41) is 0. The van der Waals surface area contributed by atoms with Gasteiger partial charge in [-0.1, -0.05) is 0 Å². The smallest absolute Gasteiger partial charge is 0 e. The van der Waals surface area contributed by atoms with Gasteiger partial charge in [-0.25, -0.2) is 0 Å². The first kappa shape index (κ1) is 46.4. The van der Waals surface area contributed by atoms with Gasteiger partial charge in [0.2, 0.25) is 0 Å². The molecule has 0 saturated carbocycles. The second-order valence-corrected chi connectivity index (χ2v) is 0. The second-order valence-electron chi connectivity index (χ2n) is 0. The zero-order chi connectivity index (χ0) is 0. The second kappa shape index (κ2) is 23.3. The van der Waals surface area contributed by atoms with Crippen molar-refractivity contribution in [2.75, 3.05) is 0 Å². The zero-order valence-electron chi connectivity index (χ0n) is 1.63. The molecule has 0 unspecified atom stereocenters. The summed E-state index contributed by atoms with van der Waals surface area (Å²) in [5.74, 6) is 0. The van der Waals surface area contributed by atoms with Crippen LogP contribution < -0.4 is 0 Å². The Labute approximate surface area is 58.9 Å². The Morgan fingerprint density at radius 1 is 1.00 bits per heavy atom. The molecule has 0 bridgehead atoms. The predicted molar refractivity (Wildman–Crippen MR) is 5.75 cm³/mol. The van der Waals surface area contributed by atoms with Crippen LogP contribution in [0, 0.1) is 0 Å². The summed E-state index contributed by atoms with van der Waals surface area (Å²) in [5.41, 5.74) is 0. The van der Waals surface area contributed by atoms with Crippen molar-refractivity contribution < 1.29 is 50.6 Å². The Hall–Kier alpha value is 1.60. The van der Waals surface area contributed by atoms with Crippen LogP contribution in [0.3, 0.4) is 0 Å². The van der Waals surface area contributed by atoms with E-state index in [0.29, 0.717) is 0 Å². The minimum atomic E-state index is 0. The third-order valence-corrected chi connectivity index (χ3v) is 0.